The maximum Gasteiger partial charge on any atom is 0.253 e. The van der Waals surface area contributed by atoms with Gasteiger partial charge in [-0.2, -0.15) is 0 Å². The van der Waals surface area contributed by atoms with Crippen molar-refractivity contribution < 1.29 is 19.1 Å². The smallest absolute Gasteiger partial charge is 0.253 e. The Bertz CT molecular complexity index is 1030. The van der Waals surface area contributed by atoms with Gasteiger partial charge in [0.05, 0.1) is 49.9 Å². The van der Waals surface area contributed by atoms with Crippen LogP contribution in [-0.4, -0.2) is 86.6 Å². The van der Waals surface area contributed by atoms with Gasteiger partial charge in [-0.25, -0.2) is 0 Å². The zero-order valence-electron chi connectivity index (χ0n) is 23.9. The second-order valence-corrected chi connectivity index (χ2v) is 13.0. The lowest BCUT2D eigenvalue weighted by molar-refractivity contribution is -0.00205. The third kappa shape index (κ3) is 8.24. The molecule has 0 radical (unpaired) electrons. The molecule has 2 unspecified atom stereocenters. The molecule has 2 amide bonds. The summed E-state index contributed by atoms with van der Waals surface area (Å²) in [6.45, 7) is 14.4. The molecule has 2 aromatic rings. The zero-order chi connectivity index (χ0) is 28.5. The topological polar surface area (TPSA) is 83.1 Å². The minimum Gasteiger partial charge on any atom is -0.379 e. The molecular weight excluding hydrogens is 544 g/mol. The predicted molar refractivity (Wildman–Crippen MR) is 162 cm³/mol. The lowest BCUT2D eigenvalue weighted by atomic mass is 10.1. The van der Waals surface area contributed by atoms with E-state index in [1.807, 2.05) is 48.5 Å². The molecule has 2 aromatic carbocycles. The Hall–Kier alpha value is -2.08. The number of nitrogens with one attached hydrogen (secondary N) is 2. The minimum atomic E-state index is -0.0924. The van der Waals surface area contributed by atoms with Crippen molar-refractivity contribution in [1.29, 1.82) is 0 Å². The van der Waals surface area contributed by atoms with Crippen LogP contribution in [0.15, 0.2) is 58.3 Å². The number of amides is 2. The van der Waals surface area contributed by atoms with Crippen LogP contribution in [0.2, 0.25) is 0 Å². The highest BCUT2D eigenvalue weighted by Crippen LogP contribution is 2.40. The van der Waals surface area contributed by atoms with Crippen molar-refractivity contribution in [3.05, 3.63) is 59.7 Å². The van der Waals surface area contributed by atoms with E-state index < -0.39 is 0 Å². The second-order valence-electron chi connectivity index (χ2n) is 10.8. The Morgan fingerprint density at radius 1 is 0.650 bits per heavy atom. The van der Waals surface area contributed by atoms with Gasteiger partial charge in [0.25, 0.3) is 11.8 Å². The normalized spacial score (nSPS) is 18.4. The SMILES string of the molecule is CC(C)C(NC(=O)c1ccccc1SSc1ccccc1C(=O)NC(C(C)C)N1CCOCC1)N1CCOCC1. The number of ether oxygens (including phenoxy) is 2. The number of carbonyl (C=O) groups excluding carboxylic acids is 2. The molecule has 2 heterocycles. The molecule has 0 bridgehead atoms. The van der Waals surface area contributed by atoms with Gasteiger partial charge >= 0.3 is 0 Å². The highest BCUT2D eigenvalue weighted by atomic mass is 33.1. The van der Waals surface area contributed by atoms with E-state index in [9.17, 15) is 9.59 Å². The van der Waals surface area contributed by atoms with Crippen molar-refractivity contribution >= 4 is 33.4 Å². The van der Waals surface area contributed by atoms with Crippen molar-refractivity contribution in [3.8, 4) is 0 Å². The summed E-state index contributed by atoms with van der Waals surface area (Å²) < 4.78 is 11.0. The molecule has 0 saturated carbocycles. The van der Waals surface area contributed by atoms with Crippen LogP contribution in [0.4, 0.5) is 0 Å². The van der Waals surface area contributed by atoms with Crippen molar-refractivity contribution in [2.24, 2.45) is 11.8 Å². The molecule has 10 heteroatoms. The summed E-state index contributed by atoms with van der Waals surface area (Å²) in [5, 5.41) is 6.53. The van der Waals surface area contributed by atoms with Crippen molar-refractivity contribution in [1.82, 2.24) is 20.4 Å². The van der Waals surface area contributed by atoms with E-state index in [2.05, 4.69) is 48.1 Å². The Kier molecular flexibility index (Phi) is 11.8. The fourth-order valence-corrected chi connectivity index (χ4v) is 7.40. The molecule has 2 aliphatic rings. The van der Waals surface area contributed by atoms with Crippen molar-refractivity contribution in [2.75, 3.05) is 52.6 Å². The monoisotopic (exact) mass is 586 g/mol. The van der Waals surface area contributed by atoms with Gasteiger partial charge in [0.15, 0.2) is 0 Å². The molecular formula is C30H42N4O4S2. The molecule has 0 aliphatic carbocycles. The van der Waals surface area contributed by atoms with Crippen LogP contribution in [0.3, 0.4) is 0 Å². The molecule has 4 rings (SSSR count). The van der Waals surface area contributed by atoms with E-state index in [0.29, 0.717) is 37.6 Å². The lowest BCUT2D eigenvalue weighted by Gasteiger charge is -2.37. The quantitative estimate of drug-likeness (QED) is 0.371. The Morgan fingerprint density at radius 3 is 1.35 bits per heavy atom. The number of hydrogen-bond acceptors (Lipinski definition) is 8. The third-order valence-electron chi connectivity index (χ3n) is 7.18. The first-order valence-electron chi connectivity index (χ1n) is 14.1. The fraction of sp³-hybridized carbons (Fsp3) is 0.533. The molecule has 2 fully saturated rings. The van der Waals surface area contributed by atoms with Crippen LogP contribution in [-0.2, 0) is 9.47 Å². The lowest BCUT2D eigenvalue weighted by Crippen LogP contribution is -2.54. The highest BCUT2D eigenvalue weighted by Gasteiger charge is 2.28. The van der Waals surface area contributed by atoms with Crippen LogP contribution in [0.5, 0.6) is 0 Å². The number of rotatable bonds is 11. The summed E-state index contributed by atoms with van der Waals surface area (Å²) in [6.07, 6.45) is -0.126. The van der Waals surface area contributed by atoms with Crippen LogP contribution in [0.1, 0.15) is 48.4 Å². The summed E-state index contributed by atoms with van der Waals surface area (Å²) in [5.74, 6) is 0.331. The van der Waals surface area contributed by atoms with Gasteiger partial charge in [0.1, 0.15) is 0 Å². The van der Waals surface area contributed by atoms with Gasteiger partial charge in [0.2, 0.25) is 0 Å². The first-order valence-corrected chi connectivity index (χ1v) is 16.3. The number of carbonyl (C=O) groups is 2. The summed E-state index contributed by atoms with van der Waals surface area (Å²) >= 11 is 0. The minimum absolute atomic E-state index is 0.0631. The Labute approximate surface area is 246 Å². The van der Waals surface area contributed by atoms with Gasteiger partial charge in [-0.3, -0.25) is 19.4 Å². The maximum atomic E-state index is 13.5. The number of hydrogen-bond donors (Lipinski definition) is 2. The van der Waals surface area contributed by atoms with E-state index in [0.717, 1.165) is 36.0 Å². The summed E-state index contributed by atoms with van der Waals surface area (Å²) in [7, 11) is 3.00. The van der Waals surface area contributed by atoms with Gasteiger partial charge in [-0.05, 0) is 36.1 Å². The molecule has 218 valence electrons. The van der Waals surface area contributed by atoms with Crippen LogP contribution in [0, 0.1) is 11.8 Å². The molecule has 0 spiro atoms. The molecule has 40 heavy (non-hydrogen) atoms. The van der Waals surface area contributed by atoms with E-state index in [4.69, 9.17) is 9.47 Å². The Balaban J connectivity index is 1.45. The number of nitrogens with zero attached hydrogens (tertiary/aromatic N) is 2. The van der Waals surface area contributed by atoms with Gasteiger partial charge in [0, 0.05) is 36.0 Å². The molecule has 2 saturated heterocycles. The molecule has 0 aromatic heterocycles. The maximum absolute atomic E-state index is 13.5. The molecule has 8 nitrogen and oxygen atoms in total. The standard InChI is InChI=1S/C30H42N4O4S2/c1-21(2)27(33-13-17-37-18-14-33)31-29(35)23-9-5-7-11-25(23)39-40-26-12-8-6-10-24(26)30(36)32-28(22(3)4)34-15-19-38-20-16-34/h5-12,21-22,27-28H,13-20H2,1-4H3,(H,31,35)(H,32,36). The van der Waals surface area contributed by atoms with Gasteiger partial charge < -0.3 is 20.1 Å². The van der Waals surface area contributed by atoms with Crippen LogP contribution < -0.4 is 10.6 Å². The second kappa shape index (κ2) is 15.2. The first-order chi connectivity index (χ1) is 19.3. The van der Waals surface area contributed by atoms with E-state index in [-0.39, 0.29) is 36.0 Å². The summed E-state index contributed by atoms with van der Waals surface area (Å²) in [6, 6.07) is 15.3. The van der Waals surface area contributed by atoms with Crippen LogP contribution in [0.25, 0.3) is 0 Å². The number of benzene rings is 2. The average Bonchev–Trinajstić information content (AvgIpc) is 2.98. The van der Waals surface area contributed by atoms with Crippen molar-refractivity contribution in [2.45, 2.75) is 49.8 Å². The third-order valence-corrected chi connectivity index (χ3v) is 9.67. The molecule has 2 atom stereocenters. The molecule has 2 N–H and O–H groups in total. The van der Waals surface area contributed by atoms with E-state index in [1.165, 1.54) is 21.6 Å². The van der Waals surface area contributed by atoms with Gasteiger partial charge in [-0.15, -0.1) is 0 Å². The van der Waals surface area contributed by atoms with Gasteiger partial charge in [-0.1, -0.05) is 73.5 Å². The zero-order valence-corrected chi connectivity index (χ0v) is 25.6. The van der Waals surface area contributed by atoms with Crippen LogP contribution >= 0.6 is 21.6 Å². The van der Waals surface area contributed by atoms with Crippen molar-refractivity contribution in [3.63, 3.8) is 0 Å². The van der Waals surface area contributed by atoms with E-state index in [1.54, 1.807) is 0 Å². The average molecular weight is 587 g/mol. The Morgan fingerprint density at radius 2 is 1.00 bits per heavy atom. The highest BCUT2D eigenvalue weighted by molar-refractivity contribution is 8.76. The summed E-state index contributed by atoms with van der Waals surface area (Å²) in [5.41, 5.74) is 1.26. The van der Waals surface area contributed by atoms with E-state index >= 15 is 0 Å². The fourth-order valence-electron chi connectivity index (χ4n) is 5.04. The number of morpholine rings is 2. The largest absolute Gasteiger partial charge is 0.379 e. The summed E-state index contributed by atoms with van der Waals surface area (Å²) in [4.78, 5) is 33.2. The predicted octanol–water partition coefficient (Wildman–Crippen LogP) is 4.57. The molecule has 2 aliphatic heterocycles. The first kappa shape index (κ1) is 30.9.